The molecular formula is C27H33N3O3S. The lowest BCUT2D eigenvalue weighted by atomic mass is 9.85. The Labute approximate surface area is 204 Å². The molecule has 2 aliphatic rings. The van der Waals surface area contributed by atoms with E-state index in [1.54, 1.807) is 16.2 Å². The molecule has 3 atom stereocenters. The molecule has 1 aliphatic carbocycles. The van der Waals surface area contributed by atoms with Gasteiger partial charge in [-0.1, -0.05) is 31.9 Å². The maximum atomic E-state index is 13.9. The highest BCUT2D eigenvalue weighted by Crippen LogP contribution is 2.36. The van der Waals surface area contributed by atoms with Crippen molar-refractivity contribution in [3.63, 3.8) is 0 Å². The van der Waals surface area contributed by atoms with Gasteiger partial charge in [-0.2, -0.15) is 0 Å². The number of rotatable bonds is 6. The zero-order chi connectivity index (χ0) is 23.9. The van der Waals surface area contributed by atoms with Gasteiger partial charge in [-0.25, -0.2) is 0 Å². The lowest BCUT2D eigenvalue weighted by Gasteiger charge is -2.45. The average Bonchev–Trinajstić information content (AvgIpc) is 3.42. The molecule has 7 heteroatoms. The second-order valence-corrected chi connectivity index (χ2v) is 10.8. The van der Waals surface area contributed by atoms with Crippen molar-refractivity contribution < 1.29 is 14.3 Å². The van der Waals surface area contributed by atoms with Crippen LogP contribution in [0.2, 0.25) is 0 Å². The molecule has 0 saturated heterocycles. The highest BCUT2D eigenvalue weighted by Gasteiger charge is 2.48. The van der Waals surface area contributed by atoms with Crippen LogP contribution in [-0.2, 0) is 17.9 Å². The first-order valence-corrected chi connectivity index (χ1v) is 13.2. The SMILES string of the molecule is CCOc1ccc(CN2C(=O)c3cc4sccc4n3C[C@]2(C)C(=O)N[C@@H]2CCCC[C@H]2C)cc1. The van der Waals surface area contributed by atoms with Crippen molar-refractivity contribution >= 4 is 33.4 Å². The number of aromatic nitrogens is 1. The lowest BCUT2D eigenvalue weighted by Crippen LogP contribution is -2.65. The topological polar surface area (TPSA) is 63.6 Å². The molecule has 0 radical (unpaired) electrons. The van der Waals surface area contributed by atoms with Crippen LogP contribution in [0.15, 0.2) is 41.8 Å². The Morgan fingerprint density at radius 3 is 2.71 bits per heavy atom. The molecule has 5 rings (SSSR count). The van der Waals surface area contributed by atoms with Crippen LogP contribution in [0.1, 0.15) is 62.5 Å². The van der Waals surface area contributed by atoms with Crippen molar-refractivity contribution in [1.82, 2.24) is 14.8 Å². The number of hydrogen-bond donors (Lipinski definition) is 1. The van der Waals surface area contributed by atoms with Gasteiger partial charge in [0.2, 0.25) is 5.91 Å². The number of carbonyl (C=O) groups is 2. The van der Waals surface area contributed by atoms with Gasteiger partial charge in [0, 0.05) is 12.6 Å². The van der Waals surface area contributed by atoms with E-state index >= 15 is 0 Å². The van der Waals surface area contributed by atoms with Crippen LogP contribution in [0.3, 0.4) is 0 Å². The molecule has 1 aliphatic heterocycles. The summed E-state index contributed by atoms with van der Waals surface area (Å²) in [5, 5.41) is 5.38. The van der Waals surface area contributed by atoms with Gasteiger partial charge in [-0.15, -0.1) is 11.3 Å². The molecule has 180 valence electrons. The van der Waals surface area contributed by atoms with Crippen molar-refractivity contribution in [2.45, 2.75) is 71.1 Å². The number of thiophene rings is 1. The minimum Gasteiger partial charge on any atom is -0.494 e. The number of nitrogens with one attached hydrogen (secondary N) is 1. The van der Waals surface area contributed by atoms with Gasteiger partial charge in [0.05, 0.1) is 23.4 Å². The summed E-state index contributed by atoms with van der Waals surface area (Å²) in [5.41, 5.74) is 1.67. The summed E-state index contributed by atoms with van der Waals surface area (Å²) < 4.78 is 8.68. The molecule has 1 N–H and O–H groups in total. The fraction of sp³-hybridized carbons (Fsp3) is 0.481. The van der Waals surface area contributed by atoms with Crippen LogP contribution >= 0.6 is 11.3 Å². The zero-order valence-electron chi connectivity index (χ0n) is 20.2. The molecule has 0 bridgehead atoms. The maximum Gasteiger partial charge on any atom is 0.271 e. The van der Waals surface area contributed by atoms with Gasteiger partial charge in [0.25, 0.3) is 5.91 Å². The molecule has 0 unspecified atom stereocenters. The fourth-order valence-corrected chi connectivity index (χ4v) is 6.24. The van der Waals surface area contributed by atoms with Crippen molar-refractivity contribution in [3.05, 3.63) is 53.0 Å². The summed E-state index contributed by atoms with van der Waals surface area (Å²) in [4.78, 5) is 29.5. The van der Waals surface area contributed by atoms with E-state index in [1.807, 2.05) is 60.2 Å². The number of benzene rings is 1. The summed E-state index contributed by atoms with van der Waals surface area (Å²) >= 11 is 1.63. The smallest absolute Gasteiger partial charge is 0.271 e. The van der Waals surface area contributed by atoms with Gasteiger partial charge in [-0.3, -0.25) is 9.59 Å². The van der Waals surface area contributed by atoms with E-state index in [-0.39, 0.29) is 17.9 Å². The molecule has 3 aromatic rings. The molecule has 3 heterocycles. The van der Waals surface area contributed by atoms with Crippen LogP contribution in [0.5, 0.6) is 5.75 Å². The predicted octanol–water partition coefficient (Wildman–Crippen LogP) is 5.21. The van der Waals surface area contributed by atoms with E-state index in [1.165, 1.54) is 6.42 Å². The first-order chi connectivity index (χ1) is 16.4. The number of ether oxygens (including phenoxy) is 1. The maximum absolute atomic E-state index is 13.9. The van der Waals surface area contributed by atoms with Crippen molar-refractivity contribution in [2.75, 3.05) is 6.61 Å². The third kappa shape index (κ3) is 4.00. The Balaban J connectivity index is 1.49. The van der Waals surface area contributed by atoms with Crippen LogP contribution in [-0.4, -0.2) is 39.5 Å². The molecule has 34 heavy (non-hydrogen) atoms. The second kappa shape index (κ2) is 9.10. The summed E-state index contributed by atoms with van der Waals surface area (Å²) in [7, 11) is 0. The first-order valence-electron chi connectivity index (χ1n) is 12.3. The Bertz CT molecular complexity index is 1200. The van der Waals surface area contributed by atoms with Crippen molar-refractivity contribution in [3.8, 4) is 5.75 Å². The van der Waals surface area contributed by atoms with Crippen LogP contribution < -0.4 is 10.1 Å². The summed E-state index contributed by atoms with van der Waals surface area (Å²) in [5.74, 6) is 1.09. The quantitative estimate of drug-likeness (QED) is 0.528. The largest absolute Gasteiger partial charge is 0.494 e. The van der Waals surface area contributed by atoms with E-state index in [0.717, 1.165) is 40.8 Å². The first kappa shape index (κ1) is 23.0. The van der Waals surface area contributed by atoms with Gasteiger partial charge >= 0.3 is 0 Å². The summed E-state index contributed by atoms with van der Waals surface area (Å²) in [6.07, 6.45) is 4.49. The third-order valence-corrected chi connectivity index (χ3v) is 8.39. The predicted molar refractivity (Wildman–Crippen MR) is 135 cm³/mol. The molecular weight excluding hydrogens is 446 g/mol. The summed E-state index contributed by atoms with van der Waals surface area (Å²) in [6, 6.07) is 12.0. The Morgan fingerprint density at radius 2 is 1.97 bits per heavy atom. The Hall–Kier alpha value is -2.80. The number of fused-ring (bicyclic) bond motifs is 3. The monoisotopic (exact) mass is 479 g/mol. The highest BCUT2D eigenvalue weighted by atomic mass is 32.1. The van der Waals surface area contributed by atoms with E-state index in [9.17, 15) is 9.59 Å². The second-order valence-electron chi connectivity index (χ2n) is 9.87. The number of hydrogen-bond acceptors (Lipinski definition) is 4. The number of amides is 2. The normalized spacial score (nSPS) is 24.8. The minimum atomic E-state index is -0.992. The number of carbonyl (C=O) groups excluding carboxylic acids is 2. The third-order valence-electron chi connectivity index (χ3n) is 7.54. The van der Waals surface area contributed by atoms with E-state index in [4.69, 9.17) is 4.74 Å². The van der Waals surface area contributed by atoms with Gasteiger partial charge < -0.3 is 19.5 Å². The van der Waals surface area contributed by atoms with Crippen LogP contribution in [0, 0.1) is 5.92 Å². The van der Waals surface area contributed by atoms with Gasteiger partial charge in [-0.05, 0) is 67.8 Å². The summed E-state index contributed by atoms with van der Waals surface area (Å²) in [6.45, 7) is 7.51. The van der Waals surface area contributed by atoms with Crippen molar-refractivity contribution in [1.29, 1.82) is 0 Å². The van der Waals surface area contributed by atoms with Crippen LogP contribution in [0.25, 0.3) is 10.2 Å². The molecule has 0 spiro atoms. The van der Waals surface area contributed by atoms with E-state index in [2.05, 4.69) is 12.2 Å². The average molecular weight is 480 g/mol. The molecule has 2 aromatic heterocycles. The zero-order valence-corrected chi connectivity index (χ0v) is 21.0. The Kier molecular flexibility index (Phi) is 6.15. The molecule has 2 amide bonds. The highest BCUT2D eigenvalue weighted by molar-refractivity contribution is 7.17. The molecule has 1 aromatic carbocycles. The van der Waals surface area contributed by atoms with Crippen molar-refractivity contribution in [2.24, 2.45) is 5.92 Å². The van der Waals surface area contributed by atoms with Gasteiger partial charge in [0.15, 0.2) is 0 Å². The standard InChI is InChI=1S/C27H33N3O3S/c1-4-33-20-11-9-19(10-12-20)16-30-25(31)23-15-24-22(13-14-34-24)29(23)17-27(30,3)26(32)28-21-8-6-5-7-18(21)2/h9-15,18,21H,4-8,16-17H2,1-3H3,(H,28,32)/t18-,21-,27-/m1/s1. The molecule has 6 nitrogen and oxygen atoms in total. The van der Waals surface area contributed by atoms with Crippen LogP contribution in [0.4, 0.5) is 0 Å². The number of nitrogens with zero attached hydrogens (tertiary/aromatic N) is 2. The van der Waals surface area contributed by atoms with Gasteiger partial charge in [0.1, 0.15) is 17.0 Å². The van der Waals surface area contributed by atoms with E-state index in [0.29, 0.717) is 31.3 Å². The minimum absolute atomic E-state index is 0.0618. The lowest BCUT2D eigenvalue weighted by molar-refractivity contribution is -0.134. The van der Waals surface area contributed by atoms with E-state index < -0.39 is 5.54 Å². The molecule has 1 saturated carbocycles. The Morgan fingerprint density at radius 1 is 1.21 bits per heavy atom. The molecule has 1 fully saturated rings. The fourth-order valence-electron chi connectivity index (χ4n) is 5.42.